The third-order valence-corrected chi connectivity index (χ3v) is 1.61. The topological polar surface area (TPSA) is 46.2 Å². The Bertz CT molecular complexity index is 187. The van der Waals surface area contributed by atoms with Gasteiger partial charge in [0.2, 0.25) is 0 Å². The van der Waals surface area contributed by atoms with E-state index in [-0.39, 0.29) is 0 Å². The molecule has 0 atom stereocenters. The molecule has 13 heavy (non-hydrogen) atoms. The van der Waals surface area contributed by atoms with Crippen molar-refractivity contribution in [3.63, 3.8) is 0 Å². The van der Waals surface area contributed by atoms with Crippen LogP contribution >= 0.6 is 12.0 Å². The molecule has 0 radical (unpaired) electrons. The second kappa shape index (κ2) is 11.5. The lowest BCUT2D eigenvalue weighted by atomic mass is 10.2. The molecule has 0 aliphatic rings. The van der Waals surface area contributed by atoms with Gasteiger partial charge in [0, 0.05) is 16.9 Å². The second-order valence-electron chi connectivity index (χ2n) is 1.90. The predicted molar refractivity (Wildman–Crippen MR) is 61.1 cm³/mol. The van der Waals surface area contributed by atoms with Crippen molar-refractivity contribution < 1.29 is 4.55 Å². The molecule has 3 N–H and O–H groups in total. The number of nitrogens with two attached hydrogens (primary N) is 1. The number of hydrogen-bond acceptors (Lipinski definition) is 3. The van der Waals surface area contributed by atoms with E-state index in [2.05, 4.69) is 5.73 Å². The summed E-state index contributed by atoms with van der Waals surface area (Å²) in [6, 6.07) is 7.72. The molecule has 0 spiro atoms. The van der Waals surface area contributed by atoms with Gasteiger partial charge in [-0.05, 0) is 26.1 Å². The molecular formula is C10H19NOS. The van der Waals surface area contributed by atoms with E-state index >= 15 is 0 Å². The molecule has 0 heterocycles. The zero-order valence-corrected chi connectivity index (χ0v) is 9.56. The van der Waals surface area contributed by atoms with Gasteiger partial charge in [0.05, 0.1) is 0 Å². The van der Waals surface area contributed by atoms with Gasteiger partial charge in [-0.15, -0.1) is 0 Å². The maximum absolute atomic E-state index is 8.55. The third-order valence-electron chi connectivity index (χ3n) is 1.13. The van der Waals surface area contributed by atoms with Crippen molar-refractivity contribution in [3.05, 3.63) is 29.8 Å². The SMILES string of the molecule is CC.CN.Cc1ccc(SO)cc1. The van der Waals surface area contributed by atoms with Crippen molar-refractivity contribution >= 4 is 12.0 Å². The Labute approximate surface area is 85.4 Å². The molecule has 1 aromatic rings. The first-order valence-electron chi connectivity index (χ1n) is 4.29. The van der Waals surface area contributed by atoms with Crippen LogP contribution in [-0.2, 0) is 0 Å². The minimum atomic E-state index is 0.777. The first kappa shape index (κ1) is 15.0. The highest BCUT2D eigenvalue weighted by molar-refractivity contribution is 7.93. The Balaban J connectivity index is 0. The first-order chi connectivity index (χ1) is 6.33. The van der Waals surface area contributed by atoms with E-state index in [4.69, 9.17) is 4.55 Å². The molecule has 0 aliphatic carbocycles. The Morgan fingerprint density at radius 2 is 1.46 bits per heavy atom. The Morgan fingerprint density at radius 1 is 1.08 bits per heavy atom. The average molecular weight is 201 g/mol. The van der Waals surface area contributed by atoms with Crippen LogP contribution in [0.1, 0.15) is 19.4 Å². The van der Waals surface area contributed by atoms with Gasteiger partial charge in [-0.3, -0.25) is 0 Å². The van der Waals surface area contributed by atoms with Gasteiger partial charge in [-0.1, -0.05) is 31.5 Å². The van der Waals surface area contributed by atoms with Gasteiger partial charge < -0.3 is 10.3 Å². The van der Waals surface area contributed by atoms with Gasteiger partial charge in [0.15, 0.2) is 0 Å². The van der Waals surface area contributed by atoms with Crippen LogP contribution < -0.4 is 5.73 Å². The monoisotopic (exact) mass is 201 g/mol. The van der Waals surface area contributed by atoms with Crippen LogP contribution in [-0.4, -0.2) is 11.6 Å². The van der Waals surface area contributed by atoms with E-state index in [0.29, 0.717) is 0 Å². The zero-order valence-electron chi connectivity index (χ0n) is 8.74. The highest BCUT2D eigenvalue weighted by Gasteiger charge is 1.87. The summed E-state index contributed by atoms with van der Waals surface area (Å²) in [6.45, 7) is 6.02. The Kier molecular flexibility index (Phi) is 13.2. The maximum atomic E-state index is 8.55. The fraction of sp³-hybridized carbons (Fsp3) is 0.400. The largest absolute Gasteiger partial charge is 0.333 e. The van der Waals surface area contributed by atoms with Crippen LogP contribution in [0.25, 0.3) is 0 Å². The minimum absolute atomic E-state index is 0.777. The Morgan fingerprint density at radius 3 is 1.77 bits per heavy atom. The molecule has 1 aromatic carbocycles. The molecule has 2 nitrogen and oxygen atoms in total. The molecule has 0 saturated carbocycles. The van der Waals surface area contributed by atoms with E-state index in [0.717, 1.165) is 16.9 Å². The molecule has 0 bridgehead atoms. The molecule has 0 unspecified atom stereocenters. The molecule has 1 rings (SSSR count). The van der Waals surface area contributed by atoms with E-state index in [1.165, 1.54) is 12.6 Å². The fourth-order valence-corrected chi connectivity index (χ4v) is 0.857. The Hall–Kier alpha value is -0.510. The summed E-state index contributed by atoms with van der Waals surface area (Å²) in [5.41, 5.74) is 5.72. The van der Waals surface area contributed by atoms with Crippen LogP contribution in [0, 0.1) is 6.92 Å². The van der Waals surface area contributed by atoms with E-state index in [1.54, 1.807) is 0 Å². The van der Waals surface area contributed by atoms with Crippen LogP contribution in [0.2, 0.25) is 0 Å². The number of benzene rings is 1. The standard InChI is InChI=1S/C7H8OS.C2H6.CH5N/c1-6-2-4-7(9-8)5-3-6;2*1-2/h2-5,8H,1H3;1-2H3;2H2,1H3. The lowest BCUT2D eigenvalue weighted by Crippen LogP contribution is -1.70. The molecule has 3 heteroatoms. The predicted octanol–water partition coefficient (Wildman–Crippen LogP) is 3.16. The van der Waals surface area contributed by atoms with E-state index < -0.39 is 0 Å². The highest BCUT2D eigenvalue weighted by atomic mass is 32.2. The molecule has 0 fully saturated rings. The van der Waals surface area contributed by atoms with Crippen molar-refractivity contribution in [1.29, 1.82) is 0 Å². The molecule has 0 aromatic heterocycles. The summed E-state index contributed by atoms with van der Waals surface area (Å²) in [5, 5.41) is 0. The fourth-order valence-electron chi connectivity index (χ4n) is 0.599. The van der Waals surface area contributed by atoms with E-state index in [9.17, 15) is 0 Å². The summed E-state index contributed by atoms with van der Waals surface area (Å²) in [7, 11) is 1.50. The molecule has 0 saturated heterocycles. The van der Waals surface area contributed by atoms with Gasteiger partial charge in [-0.25, -0.2) is 0 Å². The van der Waals surface area contributed by atoms with Gasteiger partial charge in [0.1, 0.15) is 0 Å². The summed E-state index contributed by atoms with van der Waals surface area (Å²) >= 11 is 0.777. The van der Waals surface area contributed by atoms with E-state index in [1.807, 2.05) is 45.0 Å². The number of hydrogen-bond donors (Lipinski definition) is 2. The van der Waals surface area contributed by atoms with Gasteiger partial charge in [-0.2, -0.15) is 0 Å². The maximum Gasteiger partial charge on any atom is 0.0350 e. The van der Waals surface area contributed by atoms with Crippen molar-refractivity contribution in [2.24, 2.45) is 5.73 Å². The normalized spacial score (nSPS) is 7.54. The molecular weight excluding hydrogens is 182 g/mol. The lowest BCUT2D eigenvalue weighted by Gasteiger charge is -1.92. The van der Waals surface area contributed by atoms with Crippen molar-refractivity contribution in [1.82, 2.24) is 0 Å². The van der Waals surface area contributed by atoms with Crippen molar-refractivity contribution in [2.75, 3.05) is 7.05 Å². The van der Waals surface area contributed by atoms with Crippen molar-refractivity contribution in [3.8, 4) is 0 Å². The van der Waals surface area contributed by atoms with Crippen LogP contribution in [0.3, 0.4) is 0 Å². The average Bonchev–Trinajstić information content (AvgIpc) is 2.25. The number of aryl methyl sites for hydroxylation is 1. The first-order valence-corrected chi connectivity index (χ1v) is 5.06. The summed E-state index contributed by atoms with van der Waals surface area (Å²) < 4.78 is 8.55. The number of rotatable bonds is 1. The second-order valence-corrected chi connectivity index (χ2v) is 2.56. The quantitative estimate of drug-likeness (QED) is 0.686. The molecule has 0 amide bonds. The lowest BCUT2D eigenvalue weighted by molar-refractivity contribution is 0.664. The van der Waals surface area contributed by atoms with Crippen LogP contribution in [0.5, 0.6) is 0 Å². The summed E-state index contributed by atoms with van der Waals surface area (Å²) in [5.74, 6) is 0. The highest BCUT2D eigenvalue weighted by Crippen LogP contribution is 2.13. The molecule has 0 aliphatic heterocycles. The minimum Gasteiger partial charge on any atom is -0.333 e. The van der Waals surface area contributed by atoms with Gasteiger partial charge >= 0.3 is 0 Å². The zero-order chi connectivity index (χ0) is 10.7. The third kappa shape index (κ3) is 7.84. The molecule has 76 valence electrons. The summed E-state index contributed by atoms with van der Waals surface area (Å²) in [6.07, 6.45) is 0. The van der Waals surface area contributed by atoms with Gasteiger partial charge in [0.25, 0.3) is 0 Å². The van der Waals surface area contributed by atoms with Crippen molar-refractivity contribution in [2.45, 2.75) is 25.7 Å². The smallest absolute Gasteiger partial charge is 0.0350 e. The van der Waals surface area contributed by atoms with Crippen LogP contribution in [0.15, 0.2) is 29.2 Å². The summed E-state index contributed by atoms with van der Waals surface area (Å²) in [4.78, 5) is 0.889. The van der Waals surface area contributed by atoms with Crippen LogP contribution in [0.4, 0.5) is 0 Å².